The molecule has 0 saturated heterocycles. The van der Waals surface area contributed by atoms with E-state index in [4.69, 9.17) is 10.5 Å². The second-order valence-electron chi connectivity index (χ2n) is 5.80. The monoisotopic (exact) mass is 440 g/mol. The highest BCUT2D eigenvalue weighted by Gasteiger charge is 2.01. The molecule has 1 aromatic carbocycles. The van der Waals surface area contributed by atoms with Crippen molar-refractivity contribution < 1.29 is 4.74 Å². The molecule has 2 aromatic rings. The van der Waals surface area contributed by atoms with Gasteiger partial charge >= 0.3 is 0 Å². The number of nitrogens with zero attached hydrogens (tertiary/aromatic N) is 2. The molecule has 0 atom stereocenters. The van der Waals surface area contributed by atoms with Crippen molar-refractivity contribution >= 4 is 35.6 Å². The summed E-state index contributed by atoms with van der Waals surface area (Å²) in [5.41, 5.74) is 10.3. The lowest BCUT2D eigenvalue weighted by molar-refractivity contribution is 0.232. The molecule has 6 heteroatoms. The number of hydrogen-bond acceptors (Lipinski definition) is 3. The standard InChI is InChI=1S/C18H24N4O.HI/c1-12(2)23-17-8-6-15(10-20-17)11-21-18(19)22-16-7-5-13(3)14(4)9-16;/h5-10,12H,11H2,1-4H3,(H3,19,21,22);1H. The average Bonchev–Trinajstić information content (AvgIpc) is 2.50. The van der Waals surface area contributed by atoms with Gasteiger partial charge in [0, 0.05) is 18.0 Å². The Morgan fingerprint density at radius 3 is 2.54 bits per heavy atom. The fraction of sp³-hybridized carbons (Fsp3) is 0.333. The molecule has 0 bridgehead atoms. The zero-order valence-corrected chi connectivity index (χ0v) is 16.9. The van der Waals surface area contributed by atoms with Crippen LogP contribution in [0.1, 0.15) is 30.5 Å². The van der Waals surface area contributed by atoms with Crippen molar-refractivity contribution in [2.45, 2.75) is 40.3 Å². The number of halogens is 1. The molecule has 2 rings (SSSR count). The van der Waals surface area contributed by atoms with Gasteiger partial charge in [-0.1, -0.05) is 12.1 Å². The van der Waals surface area contributed by atoms with Gasteiger partial charge in [-0.3, -0.25) is 0 Å². The molecule has 1 aromatic heterocycles. The number of rotatable bonds is 5. The highest BCUT2D eigenvalue weighted by atomic mass is 127. The number of benzene rings is 1. The van der Waals surface area contributed by atoms with Crippen molar-refractivity contribution in [3.8, 4) is 5.88 Å². The molecule has 5 nitrogen and oxygen atoms in total. The number of aromatic nitrogens is 1. The van der Waals surface area contributed by atoms with Crippen LogP contribution in [0.25, 0.3) is 0 Å². The minimum Gasteiger partial charge on any atom is -0.475 e. The van der Waals surface area contributed by atoms with Crippen LogP contribution in [0.2, 0.25) is 0 Å². The van der Waals surface area contributed by atoms with Crippen molar-refractivity contribution in [3.63, 3.8) is 0 Å². The van der Waals surface area contributed by atoms with Crippen molar-refractivity contribution in [2.75, 3.05) is 5.32 Å². The fourth-order valence-electron chi connectivity index (χ4n) is 2.00. The van der Waals surface area contributed by atoms with Gasteiger partial charge in [0.1, 0.15) is 0 Å². The molecular formula is C18H25IN4O. The molecule has 0 spiro atoms. The molecule has 0 radical (unpaired) electrons. The zero-order chi connectivity index (χ0) is 16.8. The van der Waals surface area contributed by atoms with E-state index in [2.05, 4.69) is 41.3 Å². The van der Waals surface area contributed by atoms with E-state index in [0.717, 1.165) is 11.3 Å². The number of hydrogen-bond donors (Lipinski definition) is 2. The maximum atomic E-state index is 5.93. The Hall–Kier alpha value is -1.83. The van der Waals surface area contributed by atoms with E-state index in [1.165, 1.54) is 11.1 Å². The number of pyridine rings is 1. The summed E-state index contributed by atoms with van der Waals surface area (Å²) in [5, 5.41) is 3.10. The van der Waals surface area contributed by atoms with Crippen molar-refractivity contribution in [1.29, 1.82) is 0 Å². The van der Waals surface area contributed by atoms with E-state index in [-0.39, 0.29) is 30.1 Å². The minimum atomic E-state index is 0. The van der Waals surface area contributed by atoms with Gasteiger partial charge in [0.2, 0.25) is 5.88 Å². The normalized spacial score (nSPS) is 11.1. The van der Waals surface area contributed by atoms with E-state index in [0.29, 0.717) is 18.4 Å². The van der Waals surface area contributed by atoms with Gasteiger partial charge in [-0.2, -0.15) is 0 Å². The maximum absolute atomic E-state index is 5.93. The summed E-state index contributed by atoms with van der Waals surface area (Å²) in [5.74, 6) is 1.00. The summed E-state index contributed by atoms with van der Waals surface area (Å²) >= 11 is 0. The minimum absolute atomic E-state index is 0. The Morgan fingerprint density at radius 1 is 1.21 bits per heavy atom. The number of ether oxygens (including phenoxy) is 1. The van der Waals surface area contributed by atoms with Crippen molar-refractivity contribution in [3.05, 3.63) is 53.2 Å². The first-order chi connectivity index (χ1) is 10.9. The molecule has 24 heavy (non-hydrogen) atoms. The Kier molecular flexibility index (Phi) is 7.97. The smallest absolute Gasteiger partial charge is 0.213 e. The lowest BCUT2D eigenvalue weighted by Crippen LogP contribution is -2.22. The van der Waals surface area contributed by atoms with E-state index < -0.39 is 0 Å². The van der Waals surface area contributed by atoms with Gasteiger partial charge in [-0.05, 0) is 56.5 Å². The zero-order valence-electron chi connectivity index (χ0n) is 14.5. The molecule has 0 aliphatic rings. The Labute approximate surface area is 160 Å². The predicted molar refractivity (Wildman–Crippen MR) is 110 cm³/mol. The summed E-state index contributed by atoms with van der Waals surface area (Å²) in [4.78, 5) is 8.58. The molecule has 3 N–H and O–H groups in total. The Bertz CT molecular complexity index is 684. The topological polar surface area (TPSA) is 72.5 Å². The number of anilines is 1. The molecule has 0 aliphatic heterocycles. The van der Waals surface area contributed by atoms with Gasteiger partial charge in [0.05, 0.1) is 12.6 Å². The van der Waals surface area contributed by atoms with Crippen LogP contribution in [0.3, 0.4) is 0 Å². The Morgan fingerprint density at radius 2 is 1.96 bits per heavy atom. The van der Waals surface area contributed by atoms with Crippen LogP contribution in [0.5, 0.6) is 5.88 Å². The van der Waals surface area contributed by atoms with Crippen LogP contribution in [-0.2, 0) is 6.54 Å². The predicted octanol–water partition coefficient (Wildman–Crippen LogP) is 4.03. The molecule has 1 heterocycles. The van der Waals surface area contributed by atoms with Gasteiger partial charge in [-0.15, -0.1) is 24.0 Å². The summed E-state index contributed by atoms with van der Waals surface area (Å²) < 4.78 is 5.51. The largest absolute Gasteiger partial charge is 0.475 e. The molecule has 0 saturated carbocycles. The highest BCUT2D eigenvalue weighted by Crippen LogP contribution is 2.14. The third-order valence-electron chi connectivity index (χ3n) is 3.37. The van der Waals surface area contributed by atoms with E-state index >= 15 is 0 Å². The van der Waals surface area contributed by atoms with Crippen LogP contribution in [-0.4, -0.2) is 17.0 Å². The quantitative estimate of drug-likeness (QED) is 0.419. The van der Waals surface area contributed by atoms with Crippen LogP contribution >= 0.6 is 24.0 Å². The first kappa shape index (κ1) is 20.2. The third-order valence-corrected chi connectivity index (χ3v) is 3.37. The first-order valence-electron chi connectivity index (χ1n) is 7.70. The summed E-state index contributed by atoms with van der Waals surface area (Å²) in [6, 6.07) is 9.89. The van der Waals surface area contributed by atoms with Crippen LogP contribution in [0.4, 0.5) is 5.69 Å². The molecule has 130 valence electrons. The van der Waals surface area contributed by atoms with Crippen molar-refractivity contribution in [1.82, 2.24) is 4.98 Å². The van der Waals surface area contributed by atoms with E-state index in [9.17, 15) is 0 Å². The molecule has 0 fully saturated rings. The van der Waals surface area contributed by atoms with Gasteiger partial charge < -0.3 is 15.8 Å². The van der Waals surface area contributed by atoms with Crippen LogP contribution in [0.15, 0.2) is 41.5 Å². The second kappa shape index (κ2) is 9.46. The SMILES string of the molecule is Cc1ccc(NC(N)=NCc2ccc(OC(C)C)nc2)cc1C.I. The van der Waals surface area contributed by atoms with Gasteiger partial charge in [0.15, 0.2) is 5.96 Å². The van der Waals surface area contributed by atoms with E-state index in [1.54, 1.807) is 6.20 Å². The molecule has 0 amide bonds. The first-order valence-corrected chi connectivity index (χ1v) is 7.70. The van der Waals surface area contributed by atoms with E-state index in [1.807, 2.05) is 32.0 Å². The number of aryl methyl sites for hydroxylation is 2. The second-order valence-corrected chi connectivity index (χ2v) is 5.80. The number of nitrogens with one attached hydrogen (secondary N) is 1. The summed E-state index contributed by atoms with van der Waals surface area (Å²) in [7, 11) is 0. The summed E-state index contributed by atoms with van der Waals surface area (Å²) in [6.07, 6.45) is 1.87. The molecular weight excluding hydrogens is 415 g/mol. The lowest BCUT2D eigenvalue weighted by Gasteiger charge is -2.09. The van der Waals surface area contributed by atoms with Crippen molar-refractivity contribution in [2.24, 2.45) is 10.7 Å². The third kappa shape index (κ3) is 6.35. The Balaban J connectivity index is 0.00000288. The number of aliphatic imine (C=N–C) groups is 1. The molecule has 0 aliphatic carbocycles. The average molecular weight is 440 g/mol. The fourth-order valence-corrected chi connectivity index (χ4v) is 2.00. The van der Waals surface area contributed by atoms with Crippen LogP contribution < -0.4 is 15.8 Å². The molecule has 0 unspecified atom stereocenters. The van der Waals surface area contributed by atoms with Gasteiger partial charge in [0.25, 0.3) is 0 Å². The summed E-state index contributed by atoms with van der Waals surface area (Å²) in [6.45, 7) is 8.56. The maximum Gasteiger partial charge on any atom is 0.213 e. The lowest BCUT2D eigenvalue weighted by atomic mass is 10.1. The number of nitrogens with two attached hydrogens (primary N) is 1. The van der Waals surface area contributed by atoms with Crippen LogP contribution in [0, 0.1) is 13.8 Å². The van der Waals surface area contributed by atoms with Gasteiger partial charge in [-0.25, -0.2) is 9.98 Å². The number of guanidine groups is 1. The highest BCUT2D eigenvalue weighted by molar-refractivity contribution is 14.0.